The molecule has 2 atom stereocenters. The lowest BCUT2D eigenvalue weighted by molar-refractivity contribution is -0.120. The largest absolute Gasteiger partial charge is 0.495 e. The van der Waals surface area contributed by atoms with Gasteiger partial charge in [0.1, 0.15) is 5.75 Å². The molecule has 6 nitrogen and oxygen atoms in total. The first-order valence-corrected chi connectivity index (χ1v) is 8.36. The molecule has 2 aromatic carbocycles. The molecule has 0 saturated heterocycles. The molecule has 0 bridgehead atoms. The highest BCUT2D eigenvalue weighted by Crippen LogP contribution is 2.28. The normalized spacial score (nSPS) is 12.8. The summed E-state index contributed by atoms with van der Waals surface area (Å²) in [5.41, 5.74) is 8.10. The predicted molar refractivity (Wildman–Crippen MR) is 102 cm³/mol. The summed E-state index contributed by atoms with van der Waals surface area (Å²) in [4.78, 5) is 26.1. The molecule has 0 saturated carbocycles. The van der Waals surface area contributed by atoms with Crippen molar-refractivity contribution in [2.75, 3.05) is 26.5 Å². The van der Waals surface area contributed by atoms with Gasteiger partial charge >= 0.3 is 0 Å². The number of hydrogen-bond acceptors (Lipinski definition) is 4. The van der Waals surface area contributed by atoms with Crippen LogP contribution in [0.4, 0.5) is 5.69 Å². The van der Waals surface area contributed by atoms with Gasteiger partial charge in [0.25, 0.3) is 5.91 Å². The third-order valence-electron chi connectivity index (χ3n) is 4.25. The van der Waals surface area contributed by atoms with E-state index in [0.717, 1.165) is 5.56 Å². The molecule has 2 unspecified atom stereocenters. The molecule has 0 aliphatic heterocycles. The number of nitrogens with one attached hydrogen (secondary N) is 1. The van der Waals surface area contributed by atoms with E-state index in [-0.39, 0.29) is 11.8 Å². The minimum absolute atomic E-state index is 0.138. The van der Waals surface area contributed by atoms with Gasteiger partial charge in [-0.15, -0.1) is 0 Å². The zero-order chi connectivity index (χ0) is 19.3. The van der Waals surface area contributed by atoms with E-state index in [2.05, 4.69) is 5.32 Å². The summed E-state index contributed by atoms with van der Waals surface area (Å²) >= 11 is 0. The van der Waals surface area contributed by atoms with Crippen LogP contribution in [0.2, 0.25) is 0 Å². The van der Waals surface area contributed by atoms with E-state index in [4.69, 9.17) is 10.5 Å². The molecule has 0 fully saturated rings. The Morgan fingerprint density at radius 2 is 1.77 bits per heavy atom. The first-order chi connectivity index (χ1) is 12.3. The average molecular weight is 355 g/mol. The number of amides is 2. The predicted octanol–water partition coefficient (Wildman–Crippen LogP) is 2.67. The van der Waals surface area contributed by atoms with Crippen LogP contribution in [0.1, 0.15) is 28.9 Å². The molecule has 0 aliphatic carbocycles. The van der Waals surface area contributed by atoms with Gasteiger partial charge in [-0.2, -0.15) is 0 Å². The Hall–Kier alpha value is -2.86. The van der Waals surface area contributed by atoms with Crippen LogP contribution in [0.5, 0.6) is 5.75 Å². The summed E-state index contributed by atoms with van der Waals surface area (Å²) in [6.07, 6.45) is 0. The quantitative estimate of drug-likeness (QED) is 0.834. The summed E-state index contributed by atoms with van der Waals surface area (Å²) in [5.74, 6) is -0.372. The van der Waals surface area contributed by atoms with Crippen LogP contribution in [-0.2, 0) is 4.79 Å². The van der Waals surface area contributed by atoms with Crippen LogP contribution >= 0.6 is 0 Å². The maximum Gasteiger partial charge on any atom is 0.253 e. The number of rotatable bonds is 6. The Kier molecular flexibility index (Phi) is 6.36. The standard InChI is InChI=1S/C20H25N3O3/c1-13(18(21)14-8-6-5-7-9-14)19(24)22-16-11-10-15(12-17(16)26-4)20(25)23(2)3/h5-13,18H,21H2,1-4H3,(H,22,24). The van der Waals surface area contributed by atoms with Crippen LogP contribution < -0.4 is 15.8 Å². The van der Waals surface area contributed by atoms with Crippen LogP contribution in [0.25, 0.3) is 0 Å². The van der Waals surface area contributed by atoms with Crippen molar-refractivity contribution in [2.45, 2.75) is 13.0 Å². The van der Waals surface area contributed by atoms with E-state index in [1.165, 1.54) is 12.0 Å². The summed E-state index contributed by atoms with van der Waals surface area (Å²) in [5, 5.41) is 2.84. The molecule has 0 spiro atoms. The Morgan fingerprint density at radius 1 is 1.12 bits per heavy atom. The van der Waals surface area contributed by atoms with Crippen LogP contribution in [0.15, 0.2) is 48.5 Å². The van der Waals surface area contributed by atoms with Gasteiger partial charge in [-0.25, -0.2) is 0 Å². The molecular formula is C20H25N3O3. The zero-order valence-electron chi connectivity index (χ0n) is 15.5. The van der Waals surface area contributed by atoms with Crippen molar-refractivity contribution in [3.63, 3.8) is 0 Å². The van der Waals surface area contributed by atoms with Crippen LogP contribution in [-0.4, -0.2) is 37.9 Å². The first kappa shape index (κ1) is 19.5. The smallest absolute Gasteiger partial charge is 0.253 e. The minimum Gasteiger partial charge on any atom is -0.495 e. The topological polar surface area (TPSA) is 84.7 Å². The van der Waals surface area contributed by atoms with E-state index >= 15 is 0 Å². The summed E-state index contributed by atoms with van der Waals surface area (Å²) < 4.78 is 5.32. The maximum atomic E-state index is 12.6. The molecule has 0 aliphatic rings. The number of anilines is 1. The van der Waals surface area contributed by atoms with Gasteiger partial charge in [0, 0.05) is 25.7 Å². The van der Waals surface area contributed by atoms with E-state index in [1.807, 2.05) is 30.3 Å². The third kappa shape index (κ3) is 4.40. The molecule has 2 rings (SSSR count). The van der Waals surface area contributed by atoms with Crippen LogP contribution in [0, 0.1) is 5.92 Å². The molecule has 0 heterocycles. The minimum atomic E-state index is -0.440. The zero-order valence-corrected chi connectivity index (χ0v) is 15.5. The summed E-state index contributed by atoms with van der Waals surface area (Å²) in [7, 11) is 4.85. The second-order valence-electron chi connectivity index (χ2n) is 6.33. The van der Waals surface area contributed by atoms with Crippen molar-refractivity contribution in [1.82, 2.24) is 4.90 Å². The molecule has 2 amide bonds. The van der Waals surface area contributed by atoms with E-state index in [1.54, 1.807) is 39.2 Å². The highest BCUT2D eigenvalue weighted by atomic mass is 16.5. The Labute approximate surface area is 153 Å². The summed E-state index contributed by atoms with van der Waals surface area (Å²) in [6.45, 7) is 1.78. The van der Waals surface area contributed by atoms with Crippen molar-refractivity contribution in [3.05, 3.63) is 59.7 Å². The van der Waals surface area contributed by atoms with E-state index in [9.17, 15) is 9.59 Å². The van der Waals surface area contributed by atoms with Gasteiger partial charge in [0.05, 0.1) is 18.7 Å². The van der Waals surface area contributed by atoms with Crippen molar-refractivity contribution < 1.29 is 14.3 Å². The van der Waals surface area contributed by atoms with Crippen LogP contribution in [0.3, 0.4) is 0 Å². The monoisotopic (exact) mass is 355 g/mol. The molecule has 138 valence electrons. The lowest BCUT2D eigenvalue weighted by Gasteiger charge is -2.21. The number of methoxy groups -OCH3 is 1. The third-order valence-corrected chi connectivity index (χ3v) is 4.25. The molecule has 3 N–H and O–H groups in total. The average Bonchev–Trinajstić information content (AvgIpc) is 2.66. The molecule has 0 radical (unpaired) electrons. The highest BCUT2D eigenvalue weighted by Gasteiger charge is 2.23. The van der Waals surface area contributed by atoms with Gasteiger partial charge in [0.2, 0.25) is 5.91 Å². The van der Waals surface area contributed by atoms with Crippen molar-refractivity contribution in [1.29, 1.82) is 0 Å². The number of benzene rings is 2. The van der Waals surface area contributed by atoms with Crippen molar-refractivity contribution in [2.24, 2.45) is 11.7 Å². The van der Waals surface area contributed by atoms with Gasteiger partial charge < -0.3 is 20.7 Å². The Bertz CT molecular complexity index is 775. The number of nitrogens with two attached hydrogens (primary N) is 1. The fourth-order valence-corrected chi connectivity index (χ4v) is 2.56. The second kappa shape index (κ2) is 8.49. The molecule has 26 heavy (non-hydrogen) atoms. The number of carbonyl (C=O) groups excluding carboxylic acids is 2. The number of hydrogen-bond donors (Lipinski definition) is 2. The fraction of sp³-hybridized carbons (Fsp3) is 0.300. The second-order valence-corrected chi connectivity index (χ2v) is 6.33. The van der Waals surface area contributed by atoms with E-state index < -0.39 is 12.0 Å². The Balaban J connectivity index is 2.16. The maximum absolute atomic E-state index is 12.6. The first-order valence-electron chi connectivity index (χ1n) is 8.36. The van der Waals surface area contributed by atoms with Gasteiger partial charge in [-0.1, -0.05) is 37.3 Å². The lowest BCUT2D eigenvalue weighted by atomic mass is 9.94. The number of nitrogens with zero attached hydrogens (tertiary/aromatic N) is 1. The lowest BCUT2D eigenvalue weighted by Crippen LogP contribution is -2.30. The fourth-order valence-electron chi connectivity index (χ4n) is 2.56. The number of carbonyl (C=O) groups is 2. The molecule has 2 aromatic rings. The molecule has 0 aromatic heterocycles. The van der Waals surface area contributed by atoms with Crippen molar-refractivity contribution >= 4 is 17.5 Å². The molecular weight excluding hydrogens is 330 g/mol. The summed E-state index contributed by atoms with van der Waals surface area (Å²) in [6, 6.07) is 14.0. The SMILES string of the molecule is COc1cc(C(=O)N(C)C)ccc1NC(=O)C(C)C(N)c1ccccc1. The van der Waals surface area contributed by atoms with Gasteiger partial charge in [-0.05, 0) is 23.8 Å². The molecule has 6 heteroatoms. The van der Waals surface area contributed by atoms with E-state index in [0.29, 0.717) is 17.0 Å². The van der Waals surface area contributed by atoms with Crippen molar-refractivity contribution in [3.8, 4) is 5.75 Å². The highest BCUT2D eigenvalue weighted by molar-refractivity contribution is 5.97. The van der Waals surface area contributed by atoms with Gasteiger partial charge in [0.15, 0.2) is 0 Å². The Morgan fingerprint density at radius 3 is 2.35 bits per heavy atom. The number of ether oxygens (including phenoxy) is 1. The van der Waals surface area contributed by atoms with Gasteiger partial charge in [-0.3, -0.25) is 9.59 Å².